The topological polar surface area (TPSA) is 49.8 Å². The summed E-state index contributed by atoms with van der Waals surface area (Å²) < 4.78 is 5.36. The first-order valence-electron chi connectivity index (χ1n) is 3.89. The van der Waals surface area contributed by atoms with Gasteiger partial charge in [0.1, 0.15) is 0 Å². The van der Waals surface area contributed by atoms with Gasteiger partial charge in [0, 0.05) is 11.9 Å². The van der Waals surface area contributed by atoms with Crippen LogP contribution in [0.25, 0.3) is 0 Å². The van der Waals surface area contributed by atoms with Gasteiger partial charge in [-0.05, 0) is 6.42 Å². The molecule has 0 aliphatic carbocycles. The highest BCUT2D eigenvalue weighted by Gasteiger charge is 2.30. The van der Waals surface area contributed by atoms with Crippen LogP contribution in [0.5, 0.6) is 0 Å². The van der Waals surface area contributed by atoms with Gasteiger partial charge in [-0.2, -0.15) is 0 Å². The molecule has 1 aliphatic heterocycles. The van der Waals surface area contributed by atoms with E-state index < -0.39 is 6.09 Å². The SMILES string of the molecule is O=C(O)N1CC(OCCCBr)C1. The lowest BCUT2D eigenvalue weighted by Crippen LogP contribution is -2.54. The molecule has 1 amide bonds. The smallest absolute Gasteiger partial charge is 0.407 e. The summed E-state index contributed by atoms with van der Waals surface area (Å²) in [5.74, 6) is 0. The molecule has 70 valence electrons. The van der Waals surface area contributed by atoms with Gasteiger partial charge in [0.2, 0.25) is 0 Å². The average molecular weight is 238 g/mol. The van der Waals surface area contributed by atoms with Crippen molar-refractivity contribution in [3.8, 4) is 0 Å². The maximum absolute atomic E-state index is 10.3. The van der Waals surface area contributed by atoms with Gasteiger partial charge in [-0.15, -0.1) is 0 Å². The predicted molar refractivity (Wildman–Crippen MR) is 47.7 cm³/mol. The minimum atomic E-state index is -0.852. The molecule has 5 heteroatoms. The number of ether oxygens (including phenoxy) is 1. The Balaban J connectivity index is 1.98. The first-order chi connectivity index (χ1) is 5.74. The minimum absolute atomic E-state index is 0.125. The molecule has 0 bridgehead atoms. The van der Waals surface area contributed by atoms with Crippen LogP contribution in [0.15, 0.2) is 0 Å². The number of carbonyl (C=O) groups is 1. The van der Waals surface area contributed by atoms with Crippen LogP contribution >= 0.6 is 15.9 Å². The van der Waals surface area contributed by atoms with Gasteiger partial charge in [0.15, 0.2) is 0 Å². The fourth-order valence-corrected chi connectivity index (χ4v) is 1.23. The van der Waals surface area contributed by atoms with Gasteiger partial charge in [0.05, 0.1) is 19.2 Å². The molecule has 0 unspecified atom stereocenters. The van der Waals surface area contributed by atoms with Crippen molar-refractivity contribution in [3.05, 3.63) is 0 Å². The number of carboxylic acid groups (broad SMARTS) is 1. The summed E-state index contributed by atoms with van der Waals surface area (Å²) in [6.45, 7) is 1.76. The number of alkyl halides is 1. The van der Waals surface area contributed by atoms with Gasteiger partial charge >= 0.3 is 6.09 Å². The van der Waals surface area contributed by atoms with Gasteiger partial charge in [-0.25, -0.2) is 4.79 Å². The fourth-order valence-electron chi connectivity index (χ4n) is 1.00. The molecule has 1 saturated heterocycles. The monoisotopic (exact) mass is 237 g/mol. The molecule has 1 aliphatic rings. The van der Waals surface area contributed by atoms with Gasteiger partial charge in [0.25, 0.3) is 0 Å². The van der Waals surface area contributed by atoms with Crippen LogP contribution in [0.1, 0.15) is 6.42 Å². The molecule has 12 heavy (non-hydrogen) atoms. The van der Waals surface area contributed by atoms with Crippen LogP contribution in [0.3, 0.4) is 0 Å². The van der Waals surface area contributed by atoms with E-state index in [-0.39, 0.29) is 6.10 Å². The van der Waals surface area contributed by atoms with E-state index in [0.29, 0.717) is 19.7 Å². The number of amides is 1. The number of likely N-dealkylation sites (tertiary alicyclic amines) is 1. The summed E-state index contributed by atoms with van der Waals surface area (Å²) in [4.78, 5) is 11.7. The number of halogens is 1. The van der Waals surface area contributed by atoms with Crippen LogP contribution in [-0.4, -0.2) is 47.2 Å². The van der Waals surface area contributed by atoms with E-state index in [1.54, 1.807) is 0 Å². The van der Waals surface area contributed by atoms with E-state index in [1.807, 2.05) is 0 Å². The third kappa shape index (κ3) is 2.64. The second-order valence-electron chi connectivity index (χ2n) is 2.72. The number of rotatable bonds is 4. The average Bonchev–Trinajstić information content (AvgIpc) is 1.93. The largest absolute Gasteiger partial charge is 0.465 e. The second kappa shape index (κ2) is 4.67. The van der Waals surface area contributed by atoms with Crippen LogP contribution in [-0.2, 0) is 4.74 Å². The Hall–Kier alpha value is -0.290. The molecule has 0 aromatic carbocycles. The van der Waals surface area contributed by atoms with Crippen molar-refractivity contribution in [2.45, 2.75) is 12.5 Å². The van der Waals surface area contributed by atoms with Crippen LogP contribution in [0.2, 0.25) is 0 Å². The summed E-state index contributed by atoms with van der Waals surface area (Å²) in [5.41, 5.74) is 0. The molecule has 1 N–H and O–H groups in total. The Labute approximate surface area is 79.6 Å². The van der Waals surface area contributed by atoms with Crippen molar-refractivity contribution < 1.29 is 14.6 Å². The first-order valence-corrected chi connectivity index (χ1v) is 5.01. The Kier molecular flexibility index (Phi) is 3.81. The van der Waals surface area contributed by atoms with Crippen molar-refractivity contribution in [1.29, 1.82) is 0 Å². The lowest BCUT2D eigenvalue weighted by atomic mass is 10.2. The Bertz CT molecular complexity index is 159. The van der Waals surface area contributed by atoms with Crippen LogP contribution < -0.4 is 0 Å². The van der Waals surface area contributed by atoms with Crippen molar-refractivity contribution in [3.63, 3.8) is 0 Å². The summed E-state index contributed by atoms with van der Waals surface area (Å²) in [7, 11) is 0. The molecule has 1 fully saturated rings. The molecule has 0 aromatic rings. The number of nitrogens with zero attached hydrogens (tertiary/aromatic N) is 1. The lowest BCUT2D eigenvalue weighted by Gasteiger charge is -2.36. The number of hydrogen-bond acceptors (Lipinski definition) is 2. The van der Waals surface area contributed by atoms with Crippen molar-refractivity contribution in [2.24, 2.45) is 0 Å². The van der Waals surface area contributed by atoms with Crippen molar-refractivity contribution in [1.82, 2.24) is 4.90 Å². The summed E-state index contributed by atoms with van der Waals surface area (Å²) in [6.07, 6.45) is 0.249. The maximum atomic E-state index is 10.3. The van der Waals surface area contributed by atoms with Crippen LogP contribution in [0.4, 0.5) is 4.79 Å². The molecule has 0 aromatic heterocycles. The van der Waals surface area contributed by atoms with E-state index >= 15 is 0 Å². The highest BCUT2D eigenvalue weighted by Crippen LogP contribution is 2.11. The van der Waals surface area contributed by atoms with Crippen molar-refractivity contribution in [2.75, 3.05) is 25.0 Å². The molecule has 1 rings (SSSR count). The molecule has 0 saturated carbocycles. The molecular weight excluding hydrogens is 226 g/mol. The van der Waals surface area contributed by atoms with Crippen LogP contribution in [0, 0.1) is 0 Å². The summed E-state index contributed by atoms with van der Waals surface area (Å²) in [5, 5.41) is 9.42. The first kappa shape index (κ1) is 9.80. The van der Waals surface area contributed by atoms with E-state index in [0.717, 1.165) is 11.8 Å². The zero-order valence-corrected chi connectivity index (χ0v) is 8.29. The van der Waals surface area contributed by atoms with Gasteiger partial charge in [-0.3, -0.25) is 0 Å². The van der Waals surface area contributed by atoms with E-state index in [9.17, 15) is 4.79 Å². The van der Waals surface area contributed by atoms with E-state index in [2.05, 4.69) is 15.9 Å². The minimum Gasteiger partial charge on any atom is -0.465 e. The molecule has 1 heterocycles. The maximum Gasteiger partial charge on any atom is 0.407 e. The highest BCUT2D eigenvalue weighted by atomic mass is 79.9. The lowest BCUT2D eigenvalue weighted by molar-refractivity contribution is -0.0435. The molecule has 0 radical (unpaired) electrons. The Morgan fingerprint density at radius 2 is 2.33 bits per heavy atom. The third-order valence-electron chi connectivity index (χ3n) is 1.75. The standard InChI is InChI=1S/C7H12BrNO3/c8-2-1-3-12-6-4-9(5-6)7(10)11/h6H,1-5H2,(H,10,11). The third-order valence-corrected chi connectivity index (χ3v) is 2.31. The van der Waals surface area contributed by atoms with E-state index in [1.165, 1.54) is 4.90 Å². The Morgan fingerprint density at radius 1 is 1.67 bits per heavy atom. The highest BCUT2D eigenvalue weighted by molar-refractivity contribution is 9.09. The van der Waals surface area contributed by atoms with Gasteiger partial charge < -0.3 is 14.7 Å². The quantitative estimate of drug-likeness (QED) is 0.590. The Morgan fingerprint density at radius 3 is 2.83 bits per heavy atom. The van der Waals surface area contributed by atoms with Crippen molar-refractivity contribution >= 4 is 22.0 Å². The zero-order chi connectivity index (χ0) is 8.97. The molecular formula is C7H12BrNO3. The fraction of sp³-hybridized carbons (Fsp3) is 0.857. The molecule has 0 spiro atoms. The number of hydrogen-bond donors (Lipinski definition) is 1. The second-order valence-corrected chi connectivity index (χ2v) is 3.52. The normalized spacial score (nSPS) is 17.6. The summed E-state index contributed by atoms with van der Waals surface area (Å²) >= 11 is 3.29. The predicted octanol–water partition coefficient (Wildman–Crippen LogP) is 1.15. The molecule has 4 nitrogen and oxygen atoms in total. The van der Waals surface area contributed by atoms with Gasteiger partial charge in [-0.1, -0.05) is 15.9 Å². The molecule has 0 atom stereocenters. The zero-order valence-electron chi connectivity index (χ0n) is 6.70. The van der Waals surface area contributed by atoms with E-state index in [4.69, 9.17) is 9.84 Å². The summed E-state index contributed by atoms with van der Waals surface area (Å²) in [6, 6.07) is 0.